The van der Waals surface area contributed by atoms with Crippen molar-refractivity contribution < 1.29 is 14.6 Å². The van der Waals surface area contributed by atoms with E-state index in [4.69, 9.17) is 4.74 Å². The smallest absolute Gasteiger partial charge is 0.335 e. The summed E-state index contributed by atoms with van der Waals surface area (Å²) >= 11 is 0. The number of benzene rings is 2. The Bertz CT molecular complexity index is 591. The average Bonchev–Trinajstić information content (AvgIpc) is 2.51. The standard InChI is InChI=1S/C18H20O3/c1-2-3-9-15-12-16(10-11-17(15)18(19)20)21-13-14-7-5-4-6-8-14/h4-8,10-12H,2-3,9,13H2,1H3,(H,19,20). The van der Waals surface area contributed by atoms with E-state index in [1.165, 1.54) is 0 Å². The maximum Gasteiger partial charge on any atom is 0.335 e. The number of aryl methyl sites for hydroxylation is 1. The fourth-order valence-electron chi connectivity index (χ4n) is 2.18. The van der Waals surface area contributed by atoms with Crippen molar-refractivity contribution in [3.63, 3.8) is 0 Å². The molecule has 0 atom stereocenters. The molecule has 2 aromatic rings. The van der Waals surface area contributed by atoms with Gasteiger partial charge in [-0.25, -0.2) is 4.79 Å². The third-order valence-electron chi connectivity index (χ3n) is 3.36. The molecule has 0 aliphatic rings. The minimum absolute atomic E-state index is 0.371. The van der Waals surface area contributed by atoms with E-state index in [-0.39, 0.29) is 0 Å². The van der Waals surface area contributed by atoms with Crippen LogP contribution >= 0.6 is 0 Å². The zero-order valence-electron chi connectivity index (χ0n) is 12.2. The molecule has 110 valence electrons. The van der Waals surface area contributed by atoms with Gasteiger partial charge in [-0.15, -0.1) is 0 Å². The predicted molar refractivity (Wildman–Crippen MR) is 82.8 cm³/mol. The van der Waals surface area contributed by atoms with Gasteiger partial charge in [-0.3, -0.25) is 0 Å². The maximum atomic E-state index is 11.2. The Hall–Kier alpha value is -2.29. The molecule has 2 aromatic carbocycles. The van der Waals surface area contributed by atoms with E-state index in [9.17, 15) is 9.90 Å². The third-order valence-corrected chi connectivity index (χ3v) is 3.36. The first-order valence-corrected chi connectivity index (χ1v) is 7.23. The second-order valence-electron chi connectivity index (χ2n) is 5.00. The van der Waals surface area contributed by atoms with Crippen molar-refractivity contribution in [2.75, 3.05) is 0 Å². The van der Waals surface area contributed by atoms with E-state index in [0.29, 0.717) is 12.2 Å². The van der Waals surface area contributed by atoms with E-state index >= 15 is 0 Å². The van der Waals surface area contributed by atoms with Crippen LogP contribution in [0.3, 0.4) is 0 Å². The summed E-state index contributed by atoms with van der Waals surface area (Å²) < 4.78 is 5.75. The number of aromatic carboxylic acids is 1. The highest BCUT2D eigenvalue weighted by Crippen LogP contribution is 2.21. The first-order valence-electron chi connectivity index (χ1n) is 7.23. The first-order chi connectivity index (χ1) is 10.2. The summed E-state index contributed by atoms with van der Waals surface area (Å²) in [5.74, 6) is -0.161. The number of hydrogen-bond donors (Lipinski definition) is 1. The highest BCUT2D eigenvalue weighted by molar-refractivity contribution is 5.89. The largest absolute Gasteiger partial charge is 0.489 e. The van der Waals surface area contributed by atoms with E-state index in [1.54, 1.807) is 12.1 Å². The topological polar surface area (TPSA) is 46.5 Å². The molecule has 2 rings (SSSR count). The van der Waals surface area contributed by atoms with Crippen molar-refractivity contribution in [3.8, 4) is 5.75 Å². The summed E-state index contributed by atoms with van der Waals surface area (Å²) in [6.45, 7) is 2.58. The summed E-state index contributed by atoms with van der Waals surface area (Å²) in [6, 6.07) is 15.1. The molecule has 0 aromatic heterocycles. The number of carboxylic acids is 1. The molecule has 0 amide bonds. The molecule has 0 aliphatic carbocycles. The minimum atomic E-state index is -0.879. The van der Waals surface area contributed by atoms with Crippen LogP contribution in [0.15, 0.2) is 48.5 Å². The second-order valence-corrected chi connectivity index (χ2v) is 5.00. The van der Waals surface area contributed by atoms with Crippen LogP contribution in [-0.4, -0.2) is 11.1 Å². The predicted octanol–water partition coefficient (Wildman–Crippen LogP) is 4.31. The summed E-state index contributed by atoms with van der Waals surface area (Å²) in [5, 5.41) is 9.22. The molecule has 0 spiro atoms. The Kier molecular flexibility index (Phi) is 5.38. The highest BCUT2D eigenvalue weighted by atomic mass is 16.5. The molecule has 0 fully saturated rings. The lowest BCUT2D eigenvalue weighted by Crippen LogP contribution is -2.04. The van der Waals surface area contributed by atoms with Crippen LogP contribution in [0.4, 0.5) is 0 Å². The van der Waals surface area contributed by atoms with Crippen molar-refractivity contribution >= 4 is 5.97 Å². The van der Waals surface area contributed by atoms with Gasteiger partial charge >= 0.3 is 5.97 Å². The van der Waals surface area contributed by atoms with Crippen LogP contribution in [-0.2, 0) is 13.0 Å². The van der Waals surface area contributed by atoms with E-state index < -0.39 is 5.97 Å². The zero-order valence-corrected chi connectivity index (χ0v) is 12.2. The molecule has 0 aliphatic heterocycles. The van der Waals surface area contributed by atoms with Gasteiger partial charge in [0.2, 0.25) is 0 Å². The summed E-state index contributed by atoms with van der Waals surface area (Å²) in [4.78, 5) is 11.2. The van der Waals surface area contributed by atoms with Gasteiger partial charge in [-0.2, -0.15) is 0 Å². The second kappa shape index (κ2) is 7.48. The van der Waals surface area contributed by atoms with Crippen LogP contribution in [0.1, 0.15) is 41.3 Å². The number of carboxylic acid groups (broad SMARTS) is 1. The van der Waals surface area contributed by atoms with Crippen molar-refractivity contribution in [1.82, 2.24) is 0 Å². The van der Waals surface area contributed by atoms with Gasteiger partial charge in [0.05, 0.1) is 5.56 Å². The summed E-state index contributed by atoms with van der Waals surface area (Å²) in [6.07, 6.45) is 2.78. The Labute approximate surface area is 125 Å². The quantitative estimate of drug-likeness (QED) is 0.824. The van der Waals surface area contributed by atoms with Gasteiger partial charge in [0, 0.05) is 0 Å². The van der Waals surface area contributed by atoms with Crippen LogP contribution < -0.4 is 4.74 Å². The van der Waals surface area contributed by atoms with Crippen molar-refractivity contribution in [1.29, 1.82) is 0 Å². The van der Waals surface area contributed by atoms with Crippen molar-refractivity contribution in [2.24, 2.45) is 0 Å². The van der Waals surface area contributed by atoms with E-state index in [2.05, 4.69) is 6.92 Å². The van der Waals surface area contributed by atoms with Gasteiger partial charge in [0.1, 0.15) is 12.4 Å². The molecule has 0 saturated carbocycles. The third kappa shape index (κ3) is 4.35. The number of unbranched alkanes of at least 4 members (excludes halogenated alkanes) is 1. The molecule has 0 saturated heterocycles. The number of hydrogen-bond acceptors (Lipinski definition) is 2. The van der Waals surface area contributed by atoms with Crippen LogP contribution in [0, 0.1) is 0 Å². The molecule has 0 unspecified atom stereocenters. The van der Waals surface area contributed by atoms with E-state index in [1.807, 2.05) is 36.4 Å². The fourth-order valence-corrected chi connectivity index (χ4v) is 2.18. The number of ether oxygens (including phenoxy) is 1. The van der Waals surface area contributed by atoms with E-state index in [0.717, 1.165) is 36.1 Å². The Morgan fingerprint density at radius 1 is 1.14 bits per heavy atom. The fraction of sp³-hybridized carbons (Fsp3) is 0.278. The molecule has 3 heteroatoms. The summed E-state index contributed by atoms with van der Waals surface area (Å²) in [5.41, 5.74) is 2.31. The molecule has 21 heavy (non-hydrogen) atoms. The maximum absolute atomic E-state index is 11.2. The Balaban J connectivity index is 2.11. The van der Waals surface area contributed by atoms with Crippen LogP contribution in [0.2, 0.25) is 0 Å². The highest BCUT2D eigenvalue weighted by Gasteiger charge is 2.11. The number of rotatable bonds is 7. The molecule has 0 radical (unpaired) electrons. The summed E-state index contributed by atoms with van der Waals surface area (Å²) in [7, 11) is 0. The molecular formula is C18H20O3. The zero-order chi connectivity index (χ0) is 15.1. The van der Waals surface area contributed by atoms with Crippen molar-refractivity contribution in [2.45, 2.75) is 32.8 Å². The molecule has 1 N–H and O–H groups in total. The van der Waals surface area contributed by atoms with Gasteiger partial charge in [-0.05, 0) is 42.2 Å². The normalized spacial score (nSPS) is 10.3. The molecular weight excluding hydrogens is 264 g/mol. The molecule has 0 heterocycles. The average molecular weight is 284 g/mol. The molecule has 3 nitrogen and oxygen atoms in total. The lowest BCUT2D eigenvalue weighted by Gasteiger charge is -2.10. The number of carbonyl (C=O) groups is 1. The van der Waals surface area contributed by atoms with Crippen molar-refractivity contribution in [3.05, 3.63) is 65.2 Å². The lowest BCUT2D eigenvalue weighted by atomic mass is 10.0. The molecule has 0 bridgehead atoms. The monoisotopic (exact) mass is 284 g/mol. The minimum Gasteiger partial charge on any atom is -0.489 e. The Morgan fingerprint density at radius 2 is 1.90 bits per heavy atom. The lowest BCUT2D eigenvalue weighted by molar-refractivity contribution is 0.0695. The van der Waals surface area contributed by atoms with Gasteiger partial charge in [0.25, 0.3) is 0 Å². The van der Waals surface area contributed by atoms with Gasteiger partial charge in [-0.1, -0.05) is 43.7 Å². The van der Waals surface area contributed by atoms with Crippen LogP contribution in [0.25, 0.3) is 0 Å². The van der Waals surface area contributed by atoms with Gasteiger partial charge < -0.3 is 9.84 Å². The first kappa shape index (κ1) is 15.1. The van der Waals surface area contributed by atoms with Gasteiger partial charge in [0.15, 0.2) is 0 Å². The van der Waals surface area contributed by atoms with Crippen LogP contribution in [0.5, 0.6) is 5.75 Å². The SMILES string of the molecule is CCCCc1cc(OCc2ccccc2)ccc1C(=O)O. The Morgan fingerprint density at radius 3 is 2.57 bits per heavy atom.